The second kappa shape index (κ2) is 7.16. The summed E-state index contributed by atoms with van der Waals surface area (Å²) in [5.41, 5.74) is 0.773. The third-order valence-electron chi connectivity index (χ3n) is 2.98. The van der Waals surface area contributed by atoms with Crippen molar-refractivity contribution in [3.8, 4) is 0 Å². The highest BCUT2D eigenvalue weighted by Gasteiger charge is 2.16. The molecule has 0 aliphatic carbocycles. The van der Waals surface area contributed by atoms with Crippen LogP contribution in [-0.2, 0) is 10.0 Å². The first-order valence-corrected chi connectivity index (χ1v) is 8.27. The minimum atomic E-state index is -3.79. The third kappa shape index (κ3) is 4.73. The highest BCUT2D eigenvalue weighted by Crippen LogP contribution is 2.16. The van der Waals surface area contributed by atoms with Crippen LogP contribution in [0.2, 0.25) is 0 Å². The molecule has 2 N–H and O–H groups in total. The summed E-state index contributed by atoms with van der Waals surface area (Å²) in [6, 6.07) is 8.61. The predicted octanol–water partition coefficient (Wildman–Crippen LogP) is 1.69. The average molecular weight is 336 g/mol. The van der Waals surface area contributed by atoms with Gasteiger partial charge in [0.1, 0.15) is 5.82 Å². The summed E-state index contributed by atoms with van der Waals surface area (Å²) in [5.74, 6) is 0.652. The van der Waals surface area contributed by atoms with Crippen LogP contribution in [0.5, 0.6) is 0 Å². The van der Waals surface area contributed by atoms with E-state index in [0.717, 1.165) is 11.6 Å². The molecule has 2 aromatic rings. The number of nitrogens with zero attached hydrogens (tertiary/aromatic N) is 2. The fourth-order valence-electron chi connectivity index (χ4n) is 1.86. The van der Waals surface area contributed by atoms with Crippen molar-refractivity contribution in [1.82, 2.24) is 9.71 Å². The van der Waals surface area contributed by atoms with Gasteiger partial charge in [-0.1, -0.05) is 6.07 Å². The van der Waals surface area contributed by atoms with Gasteiger partial charge in [0.15, 0.2) is 0 Å². The summed E-state index contributed by atoms with van der Waals surface area (Å²) < 4.78 is 26.6. The van der Waals surface area contributed by atoms with Crippen molar-refractivity contribution in [3.63, 3.8) is 0 Å². The highest BCUT2D eigenvalue weighted by atomic mass is 32.2. The van der Waals surface area contributed by atoms with Crippen LogP contribution < -0.4 is 10.0 Å². The van der Waals surface area contributed by atoms with Crippen molar-refractivity contribution in [2.75, 3.05) is 18.4 Å². The van der Waals surface area contributed by atoms with Gasteiger partial charge in [0, 0.05) is 31.4 Å². The van der Waals surface area contributed by atoms with Gasteiger partial charge in [-0.15, -0.1) is 0 Å². The zero-order chi connectivity index (χ0) is 16.9. The number of non-ortho nitro benzene ring substituents is 1. The molecule has 23 heavy (non-hydrogen) atoms. The van der Waals surface area contributed by atoms with Crippen molar-refractivity contribution < 1.29 is 13.3 Å². The van der Waals surface area contributed by atoms with Gasteiger partial charge in [-0.3, -0.25) is 10.1 Å². The lowest BCUT2D eigenvalue weighted by Crippen LogP contribution is -2.29. The average Bonchev–Trinajstić information content (AvgIpc) is 2.52. The Morgan fingerprint density at radius 2 is 2.00 bits per heavy atom. The fourth-order valence-corrected chi connectivity index (χ4v) is 2.93. The Hall–Kier alpha value is -2.52. The number of rotatable bonds is 7. The zero-order valence-corrected chi connectivity index (χ0v) is 13.2. The van der Waals surface area contributed by atoms with E-state index in [-0.39, 0.29) is 17.1 Å². The van der Waals surface area contributed by atoms with E-state index in [9.17, 15) is 18.5 Å². The summed E-state index contributed by atoms with van der Waals surface area (Å²) in [7, 11) is -3.79. The van der Waals surface area contributed by atoms with Crippen molar-refractivity contribution in [2.24, 2.45) is 0 Å². The number of nitro groups is 1. The quantitative estimate of drug-likeness (QED) is 0.452. The molecule has 0 aliphatic rings. The lowest BCUT2D eigenvalue weighted by molar-refractivity contribution is -0.385. The second-order valence-electron chi connectivity index (χ2n) is 4.80. The maximum absolute atomic E-state index is 12.1. The van der Waals surface area contributed by atoms with Gasteiger partial charge in [-0.05, 0) is 30.7 Å². The molecule has 1 aromatic heterocycles. The van der Waals surface area contributed by atoms with Crippen molar-refractivity contribution in [2.45, 2.75) is 11.8 Å². The van der Waals surface area contributed by atoms with Crippen LogP contribution in [-0.4, -0.2) is 31.4 Å². The molecule has 1 aromatic carbocycles. The second-order valence-corrected chi connectivity index (χ2v) is 6.56. The van der Waals surface area contributed by atoms with Crippen LogP contribution in [0.25, 0.3) is 0 Å². The number of aryl methyl sites for hydroxylation is 1. The van der Waals surface area contributed by atoms with Gasteiger partial charge in [0.25, 0.3) is 5.69 Å². The molecular formula is C14H16N4O4S. The lowest BCUT2D eigenvalue weighted by Gasteiger charge is -2.08. The number of nitrogens with one attached hydrogen (secondary N) is 2. The third-order valence-corrected chi connectivity index (χ3v) is 4.44. The molecule has 2 rings (SSSR count). The standard InChI is InChI=1S/C14H16N4O4S/c1-11-5-6-15-14(9-11)16-7-8-17-23(21,22)13-4-2-3-12(10-13)18(19)20/h2-6,9-10,17H,7-8H2,1H3,(H,15,16). The van der Waals surface area contributed by atoms with E-state index in [1.54, 1.807) is 6.20 Å². The summed E-state index contributed by atoms with van der Waals surface area (Å²) in [6.45, 7) is 2.39. The van der Waals surface area contributed by atoms with E-state index in [0.29, 0.717) is 12.4 Å². The SMILES string of the molecule is Cc1ccnc(NCCNS(=O)(=O)c2cccc([N+](=O)[O-])c2)c1. The molecule has 0 saturated heterocycles. The Morgan fingerprint density at radius 1 is 1.22 bits per heavy atom. The zero-order valence-electron chi connectivity index (χ0n) is 12.4. The topological polar surface area (TPSA) is 114 Å². The predicted molar refractivity (Wildman–Crippen MR) is 85.7 cm³/mol. The van der Waals surface area contributed by atoms with E-state index >= 15 is 0 Å². The van der Waals surface area contributed by atoms with Crippen LogP contribution in [0, 0.1) is 17.0 Å². The molecular weight excluding hydrogens is 320 g/mol. The maximum Gasteiger partial charge on any atom is 0.270 e. The van der Waals surface area contributed by atoms with E-state index < -0.39 is 14.9 Å². The molecule has 8 nitrogen and oxygen atoms in total. The summed E-state index contributed by atoms with van der Waals surface area (Å²) >= 11 is 0. The normalized spacial score (nSPS) is 11.2. The summed E-state index contributed by atoms with van der Waals surface area (Å²) in [5, 5.41) is 13.7. The molecule has 0 amide bonds. The Bertz CT molecular complexity index is 808. The van der Waals surface area contributed by atoms with Crippen molar-refractivity contribution >= 4 is 21.5 Å². The molecule has 0 atom stereocenters. The van der Waals surface area contributed by atoms with E-state index in [1.807, 2.05) is 19.1 Å². The van der Waals surface area contributed by atoms with Gasteiger partial charge in [0.2, 0.25) is 10.0 Å². The molecule has 0 aliphatic heterocycles. The first-order chi connectivity index (χ1) is 10.9. The molecule has 0 saturated carbocycles. The Balaban J connectivity index is 1.94. The van der Waals surface area contributed by atoms with Gasteiger partial charge < -0.3 is 5.32 Å². The summed E-state index contributed by atoms with van der Waals surface area (Å²) in [4.78, 5) is 14.0. The molecule has 1 heterocycles. The minimum absolute atomic E-state index is 0.126. The van der Waals surface area contributed by atoms with Crippen LogP contribution in [0.1, 0.15) is 5.56 Å². The van der Waals surface area contributed by atoms with Gasteiger partial charge in [0.05, 0.1) is 9.82 Å². The Morgan fingerprint density at radius 3 is 2.70 bits per heavy atom. The number of benzene rings is 1. The number of nitro benzene ring substituents is 1. The fraction of sp³-hybridized carbons (Fsp3) is 0.214. The van der Waals surface area contributed by atoms with Gasteiger partial charge >= 0.3 is 0 Å². The summed E-state index contributed by atoms with van der Waals surface area (Å²) in [6.07, 6.45) is 1.66. The number of sulfonamides is 1. The molecule has 9 heteroatoms. The van der Waals surface area contributed by atoms with Gasteiger partial charge in [-0.25, -0.2) is 18.1 Å². The first-order valence-electron chi connectivity index (χ1n) is 6.79. The first kappa shape index (κ1) is 16.8. The molecule has 0 radical (unpaired) electrons. The number of hydrogen-bond acceptors (Lipinski definition) is 6. The van der Waals surface area contributed by atoms with Crippen LogP contribution in [0.4, 0.5) is 11.5 Å². The highest BCUT2D eigenvalue weighted by molar-refractivity contribution is 7.89. The lowest BCUT2D eigenvalue weighted by atomic mass is 10.3. The van der Waals surface area contributed by atoms with Crippen LogP contribution in [0.3, 0.4) is 0 Å². The number of pyridine rings is 1. The Kier molecular flexibility index (Phi) is 5.24. The molecule has 0 unspecified atom stereocenters. The largest absolute Gasteiger partial charge is 0.369 e. The molecule has 122 valence electrons. The number of anilines is 1. The van der Waals surface area contributed by atoms with E-state index in [2.05, 4.69) is 15.0 Å². The number of hydrogen-bond donors (Lipinski definition) is 2. The monoisotopic (exact) mass is 336 g/mol. The smallest absolute Gasteiger partial charge is 0.270 e. The maximum atomic E-state index is 12.1. The van der Waals surface area contributed by atoms with Crippen LogP contribution >= 0.6 is 0 Å². The van der Waals surface area contributed by atoms with E-state index in [1.165, 1.54) is 18.2 Å². The van der Waals surface area contributed by atoms with Gasteiger partial charge in [-0.2, -0.15) is 0 Å². The molecule has 0 bridgehead atoms. The Labute approximate surface area is 133 Å². The number of aromatic nitrogens is 1. The molecule has 0 spiro atoms. The van der Waals surface area contributed by atoms with Crippen LogP contribution in [0.15, 0.2) is 47.5 Å². The van der Waals surface area contributed by atoms with Crippen molar-refractivity contribution in [3.05, 3.63) is 58.3 Å². The minimum Gasteiger partial charge on any atom is -0.369 e. The van der Waals surface area contributed by atoms with Crippen molar-refractivity contribution in [1.29, 1.82) is 0 Å². The van der Waals surface area contributed by atoms with E-state index in [4.69, 9.17) is 0 Å². The molecule has 0 fully saturated rings.